The van der Waals surface area contributed by atoms with Crippen LogP contribution in [0.1, 0.15) is 38.8 Å². The van der Waals surface area contributed by atoms with Gasteiger partial charge in [-0.2, -0.15) is 0 Å². The monoisotopic (exact) mass is 322 g/mol. The maximum absolute atomic E-state index is 13.3. The Labute approximate surface area is 132 Å². The molecular formula is C16H19FN2O2S. The number of rotatable bonds is 2. The minimum Gasteiger partial charge on any atom is -0.591 e. The van der Waals surface area contributed by atoms with Crippen LogP contribution in [0.5, 0.6) is 0 Å². The third-order valence-corrected chi connectivity index (χ3v) is 4.80. The number of pyridine rings is 2. The number of aromatic nitrogens is 1. The van der Waals surface area contributed by atoms with Gasteiger partial charge in [-0.15, -0.1) is 0 Å². The summed E-state index contributed by atoms with van der Waals surface area (Å²) < 4.78 is 30.4. The normalized spacial score (nSPS) is 14.4. The van der Waals surface area contributed by atoms with E-state index >= 15 is 0 Å². The molecule has 2 rings (SSSR count). The Bertz CT molecular complexity index is 806. The molecule has 0 spiro atoms. The molecule has 0 saturated heterocycles. The van der Waals surface area contributed by atoms with E-state index in [0.717, 1.165) is 6.20 Å². The van der Waals surface area contributed by atoms with Gasteiger partial charge in [0.2, 0.25) is 0 Å². The second-order valence-electron chi connectivity index (χ2n) is 6.17. The molecule has 2 heterocycles. The smallest absolute Gasteiger partial charge is 0.258 e. The van der Waals surface area contributed by atoms with Gasteiger partial charge >= 0.3 is 0 Å². The minimum atomic E-state index is -1.40. The Hall–Kier alpha value is -1.66. The molecule has 0 radical (unpaired) electrons. The van der Waals surface area contributed by atoms with E-state index in [1.807, 2.05) is 20.8 Å². The van der Waals surface area contributed by atoms with E-state index in [2.05, 4.69) is 4.40 Å². The molecule has 22 heavy (non-hydrogen) atoms. The van der Waals surface area contributed by atoms with Crippen molar-refractivity contribution < 1.29 is 8.94 Å². The topological polar surface area (TPSA) is 56.9 Å². The zero-order valence-corrected chi connectivity index (χ0v) is 14.1. The fourth-order valence-corrected chi connectivity index (χ4v) is 2.64. The SMILES string of the molecule is C/C(=N\[S+]([O-])C(C)(C)C)c1cc2ccc(F)cn2c(=O)c1C. The first kappa shape index (κ1) is 16.7. The zero-order valence-electron chi connectivity index (χ0n) is 13.3. The molecular weight excluding hydrogens is 303 g/mol. The van der Waals surface area contributed by atoms with Crippen LogP contribution in [0.15, 0.2) is 33.6 Å². The highest BCUT2D eigenvalue weighted by molar-refractivity contribution is 7.91. The molecule has 2 aromatic rings. The Morgan fingerprint density at radius 3 is 2.59 bits per heavy atom. The van der Waals surface area contributed by atoms with Gasteiger partial charge in [-0.1, -0.05) is 4.40 Å². The summed E-state index contributed by atoms with van der Waals surface area (Å²) in [6.07, 6.45) is 1.16. The molecule has 0 aliphatic carbocycles. The van der Waals surface area contributed by atoms with Gasteiger partial charge in [0, 0.05) is 22.8 Å². The van der Waals surface area contributed by atoms with Crippen LogP contribution in [0.4, 0.5) is 4.39 Å². The molecule has 0 fully saturated rings. The fourth-order valence-electron chi connectivity index (χ4n) is 2.02. The molecule has 0 aliphatic rings. The minimum absolute atomic E-state index is 0.303. The van der Waals surface area contributed by atoms with Crippen LogP contribution in [0.3, 0.4) is 0 Å². The first-order valence-electron chi connectivity index (χ1n) is 6.90. The number of hydrogen-bond acceptors (Lipinski definition) is 3. The van der Waals surface area contributed by atoms with Crippen LogP contribution < -0.4 is 5.56 Å². The van der Waals surface area contributed by atoms with E-state index in [1.54, 1.807) is 19.9 Å². The number of hydrogen-bond donors (Lipinski definition) is 0. The summed E-state index contributed by atoms with van der Waals surface area (Å²) >= 11 is -1.40. The van der Waals surface area contributed by atoms with Gasteiger partial charge in [0.25, 0.3) is 5.56 Å². The largest absolute Gasteiger partial charge is 0.591 e. The molecule has 0 aromatic carbocycles. The fraction of sp³-hybridized carbons (Fsp3) is 0.375. The van der Waals surface area contributed by atoms with Crippen molar-refractivity contribution in [3.63, 3.8) is 0 Å². The van der Waals surface area contributed by atoms with E-state index in [9.17, 15) is 13.7 Å². The third-order valence-electron chi connectivity index (χ3n) is 3.31. The van der Waals surface area contributed by atoms with E-state index in [4.69, 9.17) is 0 Å². The number of halogens is 1. The summed E-state index contributed by atoms with van der Waals surface area (Å²) in [5, 5.41) is 0. The lowest BCUT2D eigenvalue weighted by molar-refractivity contribution is 0.561. The predicted molar refractivity (Wildman–Crippen MR) is 88.5 cm³/mol. The average Bonchev–Trinajstić information content (AvgIpc) is 2.42. The molecule has 1 unspecified atom stereocenters. The lowest BCUT2D eigenvalue weighted by atomic mass is 10.1. The van der Waals surface area contributed by atoms with Gasteiger partial charge in [-0.3, -0.25) is 9.20 Å². The predicted octanol–water partition coefficient (Wildman–Crippen LogP) is 3.02. The first-order chi connectivity index (χ1) is 10.1. The van der Waals surface area contributed by atoms with Gasteiger partial charge in [0.15, 0.2) is 0 Å². The molecule has 0 saturated carbocycles. The van der Waals surface area contributed by atoms with Gasteiger partial charge in [-0.25, -0.2) is 4.39 Å². The molecule has 118 valence electrons. The summed E-state index contributed by atoms with van der Waals surface area (Å²) in [5.41, 5.74) is 1.89. The Morgan fingerprint density at radius 2 is 2.00 bits per heavy atom. The van der Waals surface area contributed by atoms with Crippen LogP contribution in [0.25, 0.3) is 5.52 Å². The van der Waals surface area contributed by atoms with Crippen molar-refractivity contribution in [2.45, 2.75) is 39.4 Å². The van der Waals surface area contributed by atoms with E-state index in [0.29, 0.717) is 22.4 Å². The summed E-state index contributed by atoms with van der Waals surface area (Å²) in [6.45, 7) is 8.90. The molecule has 0 aliphatic heterocycles. The quantitative estimate of drug-likeness (QED) is 0.630. The van der Waals surface area contributed by atoms with Crippen molar-refractivity contribution in [3.05, 3.63) is 51.7 Å². The summed E-state index contributed by atoms with van der Waals surface area (Å²) in [7, 11) is 0. The van der Waals surface area contributed by atoms with Crippen molar-refractivity contribution in [1.29, 1.82) is 0 Å². The standard InChI is InChI=1S/C16H19FN2O2S/c1-10-14(11(2)18-22(21)16(3,4)5)8-13-7-6-12(17)9-19(13)15(10)20/h6-9H,1-5H3/b18-11+. The van der Waals surface area contributed by atoms with Crippen LogP contribution in [-0.4, -0.2) is 19.4 Å². The molecule has 0 N–H and O–H groups in total. The lowest BCUT2D eigenvalue weighted by Gasteiger charge is -2.19. The van der Waals surface area contributed by atoms with Crippen LogP contribution >= 0.6 is 0 Å². The molecule has 2 aromatic heterocycles. The van der Waals surface area contributed by atoms with Gasteiger partial charge in [-0.05, 0) is 52.8 Å². The maximum Gasteiger partial charge on any atom is 0.258 e. The second-order valence-corrected chi connectivity index (χ2v) is 8.07. The van der Waals surface area contributed by atoms with E-state index < -0.39 is 21.9 Å². The molecule has 0 amide bonds. The average molecular weight is 322 g/mol. The summed E-state index contributed by atoms with van der Waals surface area (Å²) in [6, 6.07) is 4.59. The van der Waals surface area contributed by atoms with E-state index in [-0.39, 0.29) is 5.56 Å². The van der Waals surface area contributed by atoms with Crippen LogP contribution in [0, 0.1) is 12.7 Å². The van der Waals surface area contributed by atoms with Gasteiger partial charge in [0.1, 0.15) is 21.9 Å². The molecule has 6 heteroatoms. The highest BCUT2D eigenvalue weighted by Gasteiger charge is 2.27. The zero-order chi connectivity index (χ0) is 16.7. The highest BCUT2D eigenvalue weighted by Crippen LogP contribution is 2.19. The Morgan fingerprint density at radius 1 is 1.36 bits per heavy atom. The number of fused-ring (bicyclic) bond motifs is 1. The third kappa shape index (κ3) is 3.23. The molecule has 0 bridgehead atoms. The van der Waals surface area contributed by atoms with Crippen molar-refractivity contribution >= 4 is 22.6 Å². The Balaban J connectivity index is 2.62. The first-order valence-corrected chi connectivity index (χ1v) is 8.01. The number of nitrogens with zero attached hydrogens (tertiary/aromatic N) is 2. The second kappa shape index (κ2) is 5.85. The highest BCUT2D eigenvalue weighted by atomic mass is 32.2. The van der Waals surface area contributed by atoms with Crippen molar-refractivity contribution in [2.24, 2.45) is 4.40 Å². The summed E-state index contributed by atoms with van der Waals surface area (Å²) in [4.78, 5) is 12.4. The van der Waals surface area contributed by atoms with Gasteiger partial charge in [0.05, 0.1) is 5.71 Å². The van der Waals surface area contributed by atoms with Crippen molar-refractivity contribution in [2.75, 3.05) is 0 Å². The maximum atomic E-state index is 13.3. The lowest BCUT2D eigenvalue weighted by Crippen LogP contribution is -2.27. The van der Waals surface area contributed by atoms with Crippen LogP contribution in [0.2, 0.25) is 0 Å². The van der Waals surface area contributed by atoms with Crippen molar-refractivity contribution in [3.8, 4) is 0 Å². The van der Waals surface area contributed by atoms with Gasteiger partial charge < -0.3 is 4.55 Å². The summed E-state index contributed by atoms with van der Waals surface area (Å²) in [5.74, 6) is -0.471. The van der Waals surface area contributed by atoms with Crippen LogP contribution in [-0.2, 0) is 11.4 Å². The Kier molecular flexibility index (Phi) is 4.44. The molecule has 1 atom stereocenters. The van der Waals surface area contributed by atoms with Crippen molar-refractivity contribution in [1.82, 2.24) is 4.40 Å². The molecule has 4 nitrogen and oxygen atoms in total. The van der Waals surface area contributed by atoms with E-state index in [1.165, 1.54) is 16.5 Å².